The standard InChI is InChI=1S/C9H22NO3P/c1-9(5-7-11)14(12)13-8-6-10(2,3)4/h9,11H,5-8H2,1-4H3/q+2. The highest BCUT2D eigenvalue weighted by atomic mass is 31.1. The van der Waals surface area contributed by atoms with Crippen LogP contribution in [0.2, 0.25) is 0 Å². The number of hydrogen-bond acceptors (Lipinski definition) is 3. The molecule has 14 heavy (non-hydrogen) atoms. The summed E-state index contributed by atoms with van der Waals surface area (Å²) < 4.78 is 17.4. The smallest absolute Gasteiger partial charge is 0.396 e. The monoisotopic (exact) mass is 223 g/mol. The zero-order valence-electron chi connectivity index (χ0n) is 9.56. The molecule has 4 nitrogen and oxygen atoms in total. The molecule has 0 aliphatic carbocycles. The molecule has 0 saturated heterocycles. The van der Waals surface area contributed by atoms with Crippen molar-refractivity contribution in [3.8, 4) is 0 Å². The number of quaternary nitrogens is 1. The predicted octanol–water partition coefficient (Wildman–Crippen LogP) is 1.22. The van der Waals surface area contributed by atoms with Crippen LogP contribution in [0.15, 0.2) is 0 Å². The van der Waals surface area contributed by atoms with Crippen molar-refractivity contribution in [3.63, 3.8) is 0 Å². The van der Waals surface area contributed by atoms with Gasteiger partial charge in [0.1, 0.15) is 6.54 Å². The van der Waals surface area contributed by atoms with Crippen LogP contribution in [0.1, 0.15) is 13.3 Å². The average Bonchev–Trinajstić information content (AvgIpc) is 2.02. The molecule has 0 aromatic rings. The number of nitrogens with zero attached hydrogens (tertiary/aromatic N) is 1. The second-order valence-electron chi connectivity index (χ2n) is 4.49. The van der Waals surface area contributed by atoms with E-state index in [1.807, 2.05) is 6.92 Å². The van der Waals surface area contributed by atoms with Crippen molar-refractivity contribution in [1.82, 2.24) is 0 Å². The molecule has 0 aliphatic rings. The normalized spacial score (nSPS) is 15.4. The predicted molar refractivity (Wildman–Crippen MR) is 57.6 cm³/mol. The van der Waals surface area contributed by atoms with Gasteiger partial charge in [0.05, 0.1) is 21.1 Å². The van der Waals surface area contributed by atoms with Gasteiger partial charge in [-0.05, 0) is 11.5 Å². The van der Waals surface area contributed by atoms with Crippen LogP contribution < -0.4 is 0 Å². The van der Waals surface area contributed by atoms with Gasteiger partial charge in [0, 0.05) is 13.0 Å². The van der Waals surface area contributed by atoms with E-state index in [1.54, 1.807) is 0 Å². The van der Waals surface area contributed by atoms with Gasteiger partial charge in [0.2, 0.25) is 0 Å². The molecule has 0 radical (unpaired) electrons. The SMILES string of the molecule is CC(CCO)[P+](=O)OCC[N+](C)(C)C. The van der Waals surface area contributed by atoms with E-state index in [0.29, 0.717) is 13.0 Å². The van der Waals surface area contributed by atoms with Crippen molar-refractivity contribution in [2.45, 2.75) is 19.0 Å². The van der Waals surface area contributed by atoms with Crippen LogP contribution in [-0.4, -0.2) is 56.2 Å². The maximum Gasteiger partial charge on any atom is 0.511 e. The molecule has 84 valence electrons. The fourth-order valence-electron chi connectivity index (χ4n) is 0.824. The van der Waals surface area contributed by atoms with Gasteiger partial charge in [-0.2, -0.15) is 0 Å². The Morgan fingerprint density at radius 2 is 2.00 bits per heavy atom. The summed E-state index contributed by atoms with van der Waals surface area (Å²) in [6.07, 6.45) is 0.541. The van der Waals surface area contributed by atoms with E-state index in [9.17, 15) is 4.57 Å². The molecule has 0 aromatic carbocycles. The van der Waals surface area contributed by atoms with Crippen molar-refractivity contribution in [2.75, 3.05) is 40.9 Å². The number of aliphatic hydroxyl groups is 1. The summed E-state index contributed by atoms with van der Waals surface area (Å²) in [5.41, 5.74) is -0.0533. The second-order valence-corrected chi connectivity index (χ2v) is 6.20. The first-order valence-electron chi connectivity index (χ1n) is 4.87. The summed E-state index contributed by atoms with van der Waals surface area (Å²) in [5.74, 6) is 0. The van der Waals surface area contributed by atoms with Gasteiger partial charge >= 0.3 is 8.03 Å². The van der Waals surface area contributed by atoms with Crippen molar-refractivity contribution < 1.29 is 18.7 Å². The lowest BCUT2D eigenvalue weighted by Gasteiger charge is -2.22. The largest absolute Gasteiger partial charge is 0.511 e. The topological polar surface area (TPSA) is 46.5 Å². The van der Waals surface area contributed by atoms with Gasteiger partial charge < -0.3 is 9.59 Å². The molecule has 0 heterocycles. The molecule has 0 aliphatic heterocycles. The Morgan fingerprint density at radius 1 is 1.43 bits per heavy atom. The molecule has 0 spiro atoms. The van der Waals surface area contributed by atoms with Gasteiger partial charge in [-0.3, -0.25) is 0 Å². The molecule has 2 atom stereocenters. The maximum absolute atomic E-state index is 11.4. The lowest BCUT2D eigenvalue weighted by Crippen LogP contribution is -2.37. The lowest BCUT2D eigenvalue weighted by molar-refractivity contribution is -0.870. The highest BCUT2D eigenvalue weighted by Crippen LogP contribution is 2.30. The maximum atomic E-state index is 11.4. The Bertz CT molecular complexity index is 179. The molecule has 0 rings (SSSR count). The quantitative estimate of drug-likeness (QED) is 0.521. The van der Waals surface area contributed by atoms with E-state index >= 15 is 0 Å². The molecule has 0 aromatic heterocycles. The minimum Gasteiger partial charge on any atom is -0.396 e. The summed E-state index contributed by atoms with van der Waals surface area (Å²) in [4.78, 5) is 0. The van der Waals surface area contributed by atoms with Crippen LogP contribution >= 0.6 is 8.03 Å². The summed E-state index contributed by atoms with van der Waals surface area (Å²) in [6.45, 7) is 3.25. The highest BCUT2D eigenvalue weighted by Gasteiger charge is 2.27. The number of rotatable bonds is 7. The molecule has 0 bridgehead atoms. The molecule has 0 saturated carbocycles. The fraction of sp³-hybridized carbons (Fsp3) is 1.00. The van der Waals surface area contributed by atoms with Crippen molar-refractivity contribution in [1.29, 1.82) is 0 Å². The van der Waals surface area contributed by atoms with Crippen molar-refractivity contribution in [3.05, 3.63) is 0 Å². The Morgan fingerprint density at radius 3 is 2.43 bits per heavy atom. The number of hydrogen-bond donors (Lipinski definition) is 1. The minimum absolute atomic E-state index is 0.0533. The average molecular weight is 223 g/mol. The molecule has 2 unspecified atom stereocenters. The molecule has 0 amide bonds. The van der Waals surface area contributed by atoms with Gasteiger partial charge in [-0.25, -0.2) is 0 Å². The van der Waals surface area contributed by atoms with Crippen LogP contribution in [0.3, 0.4) is 0 Å². The third kappa shape index (κ3) is 7.39. The first kappa shape index (κ1) is 14.0. The Labute approximate surface area is 87.3 Å². The Kier molecular flexibility index (Phi) is 6.45. The molecule has 5 heteroatoms. The molecular weight excluding hydrogens is 201 g/mol. The Hall–Kier alpha value is -0.0200. The van der Waals surface area contributed by atoms with Crippen LogP contribution in [0, 0.1) is 0 Å². The second kappa shape index (κ2) is 6.46. The van der Waals surface area contributed by atoms with Crippen molar-refractivity contribution >= 4 is 8.03 Å². The first-order chi connectivity index (χ1) is 6.37. The molecular formula is C9H22NO3P+2. The van der Waals surface area contributed by atoms with Gasteiger partial charge in [0.25, 0.3) is 0 Å². The van der Waals surface area contributed by atoms with Gasteiger partial charge in [-0.15, -0.1) is 4.52 Å². The first-order valence-corrected chi connectivity index (χ1v) is 6.12. The van der Waals surface area contributed by atoms with E-state index in [0.717, 1.165) is 11.0 Å². The van der Waals surface area contributed by atoms with Crippen LogP contribution in [0.4, 0.5) is 0 Å². The van der Waals surface area contributed by atoms with Gasteiger partial charge in [-0.1, -0.05) is 0 Å². The van der Waals surface area contributed by atoms with Crippen LogP contribution in [0.5, 0.6) is 0 Å². The van der Waals surface area contributed by atoms with E-state index in [1.165, 1.54) is 0 Å². The Balaban J connectivity index is 3.64. The number of aliphatic hydroxyl groups excluding tert-OH is 1. The van der Waals surface area contributed by atoms with Crippen LogP contribution in [0.25, 0.3) is 0 Å². The van der Waals surface area contributed by atoms with E-state index in [-0.39, 0.29) is 12.3 Å². The summed E-state index contributed by atoms with van der Waals surface area (Å²) in [6, 6.07) is 0. The highest BCUT2D eigenvalue weighted by molar-refractivity contribution is 7.40. The van der Waals surface area contributed by atoms with E-state index in [2.05, 4.69) is 21.1 Å². The summed E-state index contributed by atoms with van der Waals surface area (Å²) >= 11 is 0. The zero-order chi connectivity index (χ0) is 11.2. The minimum atomic E-state index is -1.62. The molecule has 0 fully saturated rings. The van der Waals surface area contributed by atoms with E-state index in [4.69, 9.17) is 9.63 Å². The fourth-order valence-corrected chi connectivity index (χ4v) is 1.67. The molecule has 1 N–H and O–H groups in total. The third-order valence-electron chi connectivity index (χ3n) is 1.89. The summed E-state index contributed by atoms with van der Waals surface area (Å²) in [5, 5.41) is 8.65. The van der Waals surface area contributed by atoms with Crippen LogP contribution in [-0.2, 0) is 9.09 Å². The number of likely N-dealkylation sites (N-methyl/N-ethyl adjacent to an activating group) is 1. The van der Waals surface area contributed by atoms with Crippen molar-refractivity contribution in [2.24, 2.45) is 0 Å². The van der Waals surface area contributed by atoms with E-state index < -0.39 is 8.03 Å². The lowest BCUT2D eigenvalue weighted by atomic mass is 10.3. The zero-order valence-corrected chi connectivity index (χ0v) is 10.5. The summed E-state index contributed by atoms with van der Waals surface area (Å²) in [7, 11) is 4.57. The van der Waals surface area contributed by atoms with Gasteiger partial charge in [0.15, 0.2) is 12.3 Å². The third-order valence-corrected chi connectivity index (χ3v) is 3.30.